The van der Waals surface area contributed by atoms with Gasteiger partial charge in [-0.1, -0.05) is 30.3 Å². The fourth-order valence-electron chi connectivity index (χ4n) is 3.22. The number of halogens is 1. The lowest BCUT2D eigenvalue weighted by Gasteiger charge is -2.10. The Balaban J connectivity index is 1.39. The molecule has 30 heavy (non-hydrogen) atoms. The third-order valence-electron chi connectivity index (χ3n) is 4.66. The molecule has 3 heterocycles. The Morgan fingerprint density at radius 1 is 1.17 bits per heavy atom. The van der Waals surface area contributed by atoms with Crippen molar-refractivity contribution >= 4 is 22.2 Å². The molecule has 9 heteroatoms. The van der Waals surface area contributed by atoms with E-state index in [0.717, 1.165) is 11.3 Å². The zero-order valence-corrected chi connectivity index (χ0v) is 16.4. The molecule has 0 spiro atoms. The van der Waals surface area contributed by atoms with Crippen molar-refractivity contribution in [2.45, 2.75) is 6.54 Å². The first kappa shape index (κ1) is 18.2. The number of carbonyl (C=O) groups excluding carboxylic acids is 1. The first-order chi connectivity index (χ1) is 14.7. The van der Waals surface area contributed by atoms with Gasteiger partial charge in [-0.3, -0.25) is 9.20 Å². The summed E-state index contributed by atoms with van der Waals surface area (Å²) in [6, 6.07) is 13.9. The van der Waals surface area contributed by atoms with Gasteiger partial charge >= 0.3 is 0 Å². The molecule has 3 aromatic heterocycles. The highest BCUT2D eigenvalue weighted by atomic mass is 32.1. The Kier molecular flexibility index (Phi) is 4.56. The molecule has 0 aliphatic carbocycles. The normalized spacial score (nSPS) is 11.1. The summed E-state index contributed by atoms with van der Waals surface area (Å²) in [4.78, 5) is 22.0. The summed E-state index contributed by atoms with van der Waals surface area (Å²) < 4.78 is 16.9. The first-order valence-electron chi connectivity index (χ1n) is 9.13. The molecule has 7 nitrogen and oxygen atoms in total. The summed E-state index contributed by atoms with van der Waals surface area (Å²) in [6.07, 6.45) is 4.83. The van der Waals surface area contributed by atoms with Crippen LogP contribution in [0.25, 0.3) is 21.9 Å². The fourth-order valence-corrected chi connectivity index (χ4v) is 4.07. The highest BCUT2D eigenvalue weighted by Gasteiger charge is 2.16. The van der Waals surface area contributed by atoms with Crippen LogP contribution < -0.4 is 5.32 Å². The average molecular weight is 418 g/mol. The first-order valence-corrected chi connectivity index (χ1v) is 10.0. The number of amides is 1. The minimum atomic E-state index is -0.326. The molecule has 0 aliphatic heterocycles. The Morgan fingerprint density at radius 2 is 2.07 bits per heavy atom. The molecule has 0 saturated carbocycles. The van der Waals surface area contributed by atoms with Crippen molar-refractivity contribution in [1.82, 2.24) is 29.5 Å². The summed E-state index contributed by atoms with van der Waals surface area (Å²) in [6.45, 7) is 0.331. The summed E-state index contributed by atoms with van der Waals surface area (Å²) in [5.74, 6) is -0.550. The van der Waals surface area contributed by atoms with Gasteiger partial charge in [-0.25, -0.2) is 19.0 Å². The van der Waals surface area contributed by atoms with Gasteiger partial charge in [0.05, 0.1) is 11.4 Å². The SMILES string of the molecule is O=C(NCc1ccccc1-n1cncn1)c1csc2nc(-c3cccc(F)c3)cn12. The van der Waals surface area contributed by atoms with Crippen molar-refractivity contribution in [2.24, 2.45) is 0 Å². The minimum Gasteiger partial charge on any atom is -0.347 e. The number of rotatable bonds is 5. The predicted octanol–water partition coefficient (Wildman–Crippen LogP) is 3.71. The highest BCUT2D eigenvalue weighted by molar-refractivity contribution is 7.15. The second-order valence-corrected chi connectivity index (χ2v) is 7.40. The molecular formula is C21H15FN6OS. The van der Waals surface area contributed by atoms with Gasteiger partial charge in [-0.15, -0.1) is 11.3 Å². The summed E-state index contributed by atoms with van der Waals surface area (Å²) in [5, 5.41) is 8.87. The van der Waals surface area contributed by atoms with Crippen molar-refractivity contribution < 1.29 is 9.18 Å². The molecule has 0 saturated heterocycles. The van der Waals surface area contributed by atoms with Gasteiger partial charge in [0.2, 0.25) is 0 Å². The van der Waals surface area contributed by atoms with E-state index in [1.54, 1.807) is 39.1 Å². The van der Waals surface area contributed by atoms with Crippen LogP contribution in [0, 0.1) is 5.82 Å². The predicted molar refractivity (Wildman–Crippen MR) is 111 cm³/mol. The van der Waals surface area contributed by atoms with Crippen LogP contribution in [-0.2, 0) is 6.54 Å². The third-order valence-corrected chi connectivity index (χ3v) is 5.50. The van der Waals surface area contributed by atoms with Crippen LogP contribution in [0.4, 0.5) is 4.39 Å². The van der Waals surface area contributed by atoms with Crippen LogP contribution in [0.1, 0.15) is 16.1 Å². The lowest BCUT2D eigenvalue weighted by molar-refractivity contribution is 0.0945. The second-order valence-electron chi connectivity index (χ2n) is 6.56. The van der Waals surface area contributed by atoms with Crippen LogP contribution in [0.15, 0.2) is 72.8 Å². The molecule has 2 aromatic carbocycles. The summed E-state index contributed by atoms with van der Waals surface area (Å²) >= 11 is 1.36. The number of hydrogen-bond donors (Lipinski definition) is 1. The van der Waals surface area contributed by atoms with Crippen LogP contribution in [0.2, 0.25) is 0 Å². The molecule has 1 N–H and O–H groups in total. The van der Waals surface area contributed by atoms with Gasteiger partial charge in [-0.05, 0) is 23.8 Å². The van der Waals surface area contributed by atoms with Crippen molar-refractivity contribution in [3.63, 3.8) is 0 Å². The number of hydrogen-bond acceptors (Lipinski definition) is 5. The maximum absolute atomic E-state index is 13.5. The Bertz CT molecular complexity index is 1340. The van der Waals surface area contributed by atoms with E-state index in [1.165, 1.54) is 29.8 Å². The molecule has 0 atom stereocenters. The standard InChI is InChI=1S/C21H15FN6OS/c22-16-6-3-5-14(8-16)17-10-27-19(11-30-21(27)26-17)20(29)24-9-15-4-1-2-7-18(15)28-13-23-12-25-28/h1-8,10-13H,9H2,(H,24,29). The van der Waals surface area contributed by atoms with Crippen LogP contribution in [-0.4, -0.2) is 30.1 Å². The van der Waals surface area contributed by atoms with Crippen LogP contribution >= 0.6 is 11.3 Å². The minimum absolute atomic E-state index is 0.224. The van der Waals surface area contributed by atoms with Gasteiger partial charge in [0.25, 0.3) is 5.91 Å². The fraction of sp³-hybridized carbons (Fsp3) is 0.0476. The van der Waals surface area contributed by atoms with Crippen molar-refractivity contribution in [1.29, 1.82) is 0 Å². The number of nitrogens with one attached hydrogen (secondary N) is 1. The lowest BCUT2D eigenvalue weighted by Crippen LogP contribution is -2.24. The number of para-hydroxylation sites is 1. The number of thiazole rings is 1. The second kappa shape index (κ2) is 7.53. The van der Waals surface area contributed by atoms with E-state index >= 15 is 0 Å². The van der Waals surface area contributed by atoms with Gasteiger partial charge < -0.3 is 5.32 Å². The van der Waals surface area contributed by atoms with E-state index in [0.29, 0.717) is 28.5 Å². The van der Waals surface area contributed by atoms with E-state index in [2.05, 4.69) is 20.4 Å². The van der Waals surface area contributed by atoms with Gasteiger partial charge in [0.1, 0.15) is 24.2 Å². The van der Waals surface area contributed by atoms with E-state index in [1.807, 2.05) is 24.3 Å². The Morgan fingerprint density at radius 3 is 2.90 bits per heavy atom. The summed E-state index contributed by atoms with van der Waals surface area (Å²) in [7, 11) is 0. The zero-order valence-electron chi connectivity index (χ0n) is 15.6. The maximum atomic E-state index is 13.5. The Labute approximate surface area is 174 Å². The Hall–Kier alpha value is -3.85. The van der Waals surface area contributed by atoms with Crippen molar-refractivity contribution in [3.8, 4) is 16.9 Å². The molecule has 0 fully saturated rings. The molecule has 0 radical (unpaired) electrons. The third kappa shape index (κ3) is 3.35. The monoisotopic (exact) mass is 418 g/mol. The quantitative estimate of drug-likeness (QED) is 0.472. The molecule has 5 rings (SSSR count). The van der Waals surface area contributed by atoms with E-state index in [9.17, 15) is 9.18 Å². The lowest BCUT2D eigenvalue weighted by atomic mass is 10.1. The number of imidazole rings is 1. The number of benzene rings is 2. The average Bonchev–Trinajstić information content (AvgIpc) is 3.49. The molecular weight excluding hydrogens is 403 g/mol. The zero-order chi connectivity index (χ0) is 20.5. The molecule has 0 bridgehead atoms. The van der Waals surface area contributed by atoms with Crippen molar-refractivity contribution in [2.75, 3.05) is 0 Å². The topological polar surface area (TPSA) is 77.1 Å². The van der Waals surface area contributed by atoms with Gasteiger partial charge in [0, 0.05) is 23.7 Å². The summed E-state index contributed by atoms with van der Waals surface area (Å²) in [5.41, 5.74) is 3.52. The molecule has 0 aliphatic rings. The maximum Gasteiger partial charge on any atom is 0.269 e. The molecule has 5 aromatic rings. The van der Waals surface area contributed by atoms with E-state index < -0.39 is 0 Å². The van der Waals surface area contributed by atoms with E-state index in [4.69, 9.17) is 0 Å². The molecule has 148 valence electrons. The number of aromatic nitrogens is 5. The van der Waals surface area contributed by atoms with Gasteiger partial charge in [-0.2, -0.15) is 5.10 Å². The number of nitrogens with zero attached hydrogens (tertiary/aromatic N) is 5. The van der Waals surface area contributed by atoms with Crippen LogP contribution in [0.5, 0.6) is 0 Å². The number of carbonyl (C=O) groups is 1. The highest BCUT2D eigenvalue weighted by Crippen LogP contribution is 2.24. The van der Waals surface area contributed by atoms with Crippen molar-refractivity contribution in [3.05, 3.63) is 89.8 Å². The molecule has 1 amide bonds. The largest absolute Gasteiger partial charge is 0.347 e. The smallest absolute Gasteiger partial charge is 0.269 e. The van der Waals surface area contributed by atoms with E-state index in [-0.39, 0.29) is 11.7 Å². The van der Waals surface area contributed by atoms with Gasteiger partial charge in [0.15, 0.2) is 4.96 Å². The van der Waals surface area contributed by atoms with Crippen LogP contribution in [0.3, 0.4) is 0 Å². The molecule has 0 unspecified atom stereocenters. The number of fused-ring (bicyclic) bond motifs is 1.